The molecule has 0 amide bonds. The van der Waals surface area contributed by atoms with Crippen molar-refractivity contribution in [3.05, 3.63) is 29.3 Å². The highest BCUT2D eigenvalue weighted by Crippen LogP contribution is 2.21. The molecule has 0 fully saturated rings. The summed E-state index contributed by atoms with van der Waals surface area (Å²) >= 11 is 0. The summed E-state index contributed by atoms with van der Waals surface area (Å²) in [4.78, 5) is 10.5. The number of hydrogen-bond acceptors (Lipinski definition) is 2. The van der Waals surface area contributed by atoms with Crippen LogP contribution >= 0.6 is 0 Å². The van der Waals surface area contributed by atoms with Gasteiger partial charge in [-0.2, -0.15) is 4.89 Å². The Kier molecular flexibility index (Phi) is 3.17. The van der Waals surface area contributed by atoms with Crippen LogP contribution in [0.25, 0.3) is 0 Å². The second-order valence-electron chi connectivity index (χ2n) is 4.55. The molecule has 2 heteroatoms. The Morgan fingerprint density at radius 2 is 1.71 bits per heavy atom. The van der Waals surface area contributed by atoms with E-state index in [1.54, 1.807) is 0 Å². The third kappa shape index (κ3) is 3.38. The summed E-state index contributed by atoms with van der Waals surface area (Å²) in [5.41, 5.74) is 1.97. The van der Waals surface area contributed by atoms with E-state index in [0.717, 1.165) is 11.3 Å². The summed E-state index contributed by atoms with van der Waals surface area (Å²) in [5, 5.41) is 0. The topological polar surface area (TPSA) is 18.5 Å². The van der Waals surface area contributed by atoms with Crippen LogP contribution in [0.15, 0.2) is 18.2 Å². The molecule has 1 aromatic rings. The summed E-state index contributed by atoms with van der Waals surface area (Å²) < 4.78 is 0. The maximum absolute atomic E-state index is 5.28. The zero-order chi connectivity index (χ0) is 10.8. The van der Waals surface area contributed by atoms with E-state index in [4.69, 9.17) is 9.78 Å². The predicted octanol–water partition coefficient (Wildman–Crippen LogP) is 3.41. The number of aryl methyl sites for hydroxylation is 2. The average molecular weight is 194 g/mol. The van der Waals surface area contributed by atoms with Gasteiger partial charge in [-0.15, -0.1) is 0 Å². The van der Waals surface area contributed by atoms with Gasteiger partial charge >= 0.3 is 0 Å². The van der Waals surface area contributed by atoms with E-state index in [1.165, 1.54) is 5.56 Å². The molecular weight excluding hydrogens is 176 g/mol. The van der Waals surface area contributed by atoms with E-state index >= 15 is 0 Å². The predicted molar refractivity (Wildman–Crippen MR) is 57.4 cm³/mol. The lowest BCUT2D eigenvalue weighted by atomic mass is 10.1. The second-order valence-corrected chi connectivity index (χ2v) is 4.55. The van der Waals surface area contributed by atoms with E-state index in [-0.39, 0.29) is 5.60 Å². The highest BCUT2D eigenvalue weighted by molar-refractivity contribution is 5.35. The van der Waals surface area contributed by atoms with E-state index in [0.29, 0.717) is 0 Å². The van der Waals surface area contributed by atoms with Crippen molar-refractivity contribution in [2.24, 2.45) is 0 Å². The smallest absolute Gasteiger partial charge is 0.168 e. The SMILES string of the molecule is Cc1ccc(C)c(OOC(C)(C)C)c1. The minimum absolute atomic E-state index is 0.282. The number of hydrogen-bond donors (Lipinski definition) is 0. The van der Waals surface area contributed by atoms with Gasteiger partial charge in [-0.3, -0.25) is 0 Å². The highest BCUT2D eigenvalue weighted by atomic mass is 17.2. The van der Waals surface area contributed by atoms with Crippen LogP contribution in [0.5, 0.6) is 5.75 Å². The van der Waals surface area contributed by atoms with Gasteiger partial charge in [-0.05, 0) is 51.8 Å². The zero-order valence-corrected chi connectivity index (χ0v) is 9.55. The van der Waals surface area contributed by atoms with Crippen LogP contribution in [0, 0.1) is 13.8 Å². The van der Waals surface area contributed by atoms with Crippen molar-refractivity contribution in [2.75, 3.05) is 0 Å². The Bertz CT molecular complexity index is 311. The maximum Gasteiger partial charge on any atom is 0.168 e. The summed E-state index contributed by atoms with van der Waals surface area (Å²) in [7, 11) is 0. The Morgan fingerprint density at radius 3 is 2.29 bits per heavy atom. The third-order valence-corrected chi connectivity index (χ3v) is 1.73. The first-order chi connectivity index (χ1) is 6.38. The molecule has 0 heterocycles. The molecule has 0 unspecified atom stereocenters. The average Bonchev–Trinajstić information content (AvgIpc) is 2.05. The van der Waals surface area contributed by atoms with Gasteiger partial charge in [0.25, 0.3) is 0 Å². The Labute approximate surface area is 85.8 Å². The number of benzene rings is 1. The first kappa shape index (κ1) is 11.1. The second kappa shape index (κ2) is 4.01. The normalized spacial score (nSPS) is 11.5. The van der Waals surface area contributed by atoms with E-state index in [1.807, 2.05) is 46.8 Å². The van der Waals surface area contributed by atoms with Crippen LogP contribution in [-0.4, -0.2) is 5.60 Å². The lowest BCUT2D eigenvalue weighted by Gasteiger charge is -2.18. The molecule has 0 aliphatic rings. The quantitative estimate of drug-likeness (QED) is 0.530. The molecule has 0 spiro atoms. The first-order valence-corrected chi connectivity index (χ1v) is 4.81. The molecule has 0 aliphatic heterocycles. The Hall–Kier alpha value is -1.02. The first-order valence-electron chi connectivity index (χ1n) is 4.81. The molecule has 78 valence electrons. The molecular formula is C12H18O2. The molecule has 0 bridgehead atoms. The van der Waals surface area contributed by atoms with Gasteiger partial charge in [0.15, 0.2) is 5.75 Å². The minimum Gasteiger partial charge on any atom is -0.337 e. The fraction of sp³-hybridized carbons (Fsp3) is 0.500. The van der Waals surface area contributed by atoms with Gasteiger partial charge in [-0.1, -0.05) is 12.1 Å². The van der Waals surface area contributed by atoms with Crippen molar-refractivity contribution < 1.29 is 9.78 Å². The molecule has 0 radical (unpaired) electrons. The van der Waals surface area contributed by atoms with E-state index < -0.39 is 0 Å². The maximum atomic E-state index is 5.28. The Balaban J connectivity index is 2.72. The molecule has 0 saturated carbocycles. The zero-order valence-electron chi connectivity index (χ0n) is 9.55. The van der Waals surface area contributed by atoms with Gasteiger partial charge in [0.1, 0.15) is 5.60 Å². The summed E-state index contributed by atoms with van der Waals surface area (Å²) in [6, 6.07) is 6.05. The largest absolute Gasteiger partial charge is 0.337 e. The monoisotopic (exact) mass is 194 g/mol. The molecule has 0 aromatic heterocycles. The molecule has 2 nitrogen and oxygen atoms in total. The minimum atomic E-state index is -0.282. The third-order valence-electron chi connectivity index (χ3n) is 1.73. The van der Waals surface area contributed by atoms with Crippen molar-refractivity contribution >= 4 is 0 Å². The van der Waals surface area contributed by atoms with Gasteiger partial charge < -0.3 is 4.89 Å². The van der Waals surface area contributed by atoms with Crippen molar-refractivity contribution in [1.29, 1.82) is 0 Å². The van der Waals surface area contributed by atoms with E-state index in [2.05, 4.69) is 6.07 Å². The lowest BCUT2D eigenvalue weighted by Crippen LogP contribution is -2.21. The van der Waals surface area contributed by atoms with E-state index in [9.17, 15) is 0 Å². The Morgan fingerprint density at radius 1 is 1.07 bits per heavy atom. The summed E-state index contributed by atoms with van der Waals surface area (Å²) in [6.45, 7) is 9.90. The fourth-order valence-corrected chi connectivity index (χ4v) is 0.967. The lowest BCUT2D eigenvalue weighted by molar-refractivity contribution is -0.274. The van der Waals surface area contributed by atoms with Crippen molar-refractivity contribution in [3.63, 3.8) is 0 Å². The molecule has 1 rings (SSSR count). The summed E-state index contributed by atoms with van der Waals surface area (Å²) in [6.07, 6.45) is 0. The van der Waals surface area contributed by atoms with Crippen LogP contribution in [0.4, 0.5) is 0 Å². The van der Waals surface area contributed by atoms with Crippen LogP contribution in [0.3, 0.4) is 0 Å². The molecule has 1 aromatic carbocycles. The molecule has 0 atom stereocenters. The van der Waals surface area contributed by atoms with Crippen LogP contribution in [0.1, 0.15) is 31.9 Å². The van der Waals surface area contributed by atoms with Gasteiger partial charge in [0.2, 0.25) is 0 Å². The van der Waals surface area contributed by atoms with Gasteiger partial charge in [-0.25, -0.2) is 0 Å². The molecule has 0 N–H and O–H groups in total. The molecule has 14 heavy (non-hydrogen) atoms. The van der Waals surface area contributed by atoms with Crippen molar-refractivity contribution in [1.82, 2.24) is 0 Å². The van der Waals surface area contributed by atoms with Crippen molar-refractivity contribution in [3.8, 4) is 5.75 Å². The van der Waals surface area contributed by atoms with Crippen molar-refractivity contribution in [2.45, 2.75) is 40.2 Å². The number of rotatable bonds is 2. The van der Waals surface area contributed by atoms with Gasteiger partial charge in [0.05, 0.1) is 0 Å². The standard InChI is InChI=1S/C12H18O2/c1-9-6-7-10(2)11(8-9)13-14-12(3,4)5/h6-8H,1-5H3. The highest BCUT2D eigenvalue weighted by Gasteiger charge is 2.13. The molecule has 0 saturated heterocycles. The van der Waals surface area contributed by atoms with Crippen LogP contribution in [-0.2, 0) is 4.89 Å². The summed E-state index contributed by atoms with van der Waals surface area (Å²) in [5.74, 6) is 0.792. The van der Waals surface area contributed by atoms with Crippen LogP contribution in [0.2, 0.25) is 0 Å². The van der Waals surface area contributed by atoms with Gasteiger partial charge in [0, 0.05) is 0 Å². The van der Waals surface area contributed by atoms with Crippen LogP contribution < -0.4 is 4.89 Å². The molecule has 0 aliphatic carbocycles. The fourth-order valence-electron chi connectivity index (χ4n) is 0.967.